The third kappa shape index (κ3) is 3.56. The zero-order valence-corrected chi connectivity index (χ0v) is 18.0. The molecule has 2 heterocycles. The Kier molecular flexibility index (Phi) is 5.51. The van der Waals surface area contributed by atoms with Crippen LogP contribution in [0.3, 0.4) is 0 Å². The quantitative estimate of drug-likeness (QED) is 0.386. The first-order chi connectivity index (χ1) is 14.4. The Hall–Kier alpha value is -2.87. The van der Waals surface area contributed by atoms with Gasteiger partial charge in [0.2, 0.25) is 5.90 Å². The average Bonchev–Trinajstić information content (AvgIpc) is 3.28. The Morgan fingerprint density at radius 3 is 2.50 bits per heavy atom. The summed E-state index contributed by atoms with van der Waals surface area (Å²) in [6.45, 7) is 0. The zero-order valence-electron chi connectivity index (χ0n) is 15.7. The van der Waals surface area contributed by atoms with Gasteiger partial charge in [-0.05, 0) is 35.9 Å². The Labute approximate surface area is 185 Å². The third-order valence-corrected chi connectivity index (χ3v) is 6.57. The maximum atomic E-state index is 12.3. The molecule has 0 bridgehead atoms. The van der Waals surface area contributed by atoms with Gasteiger partial charge in [0, 0.05) is 5.39 Å². The van der Waals surface area contributed by atoms with Crippen LogP contribution in [0.15, 0.2) is 47.1 Å². The second-order valence-corrected chi connectivity index (χ2v) is 7.93. The molecule has 1 aliphatic heterocycles. The molecule has 2 aromatic carbocycles. The summed E-state index contributed by atoms with van der Waals surface area (Å²) in [4.78, 5) is 28.6. The number of carbonyl (C=O) groups is 2. The van der Waals surface area contributed by atoms with E-state index in [4.69, 9.17) is 32.7 Å². The number of thiophene rings is 1. The molecule has 0 spiro atoms. The Morgan fingerprint density at radius 2 is 1.83 bits per heavy atom. The van der Waals surface area contributed by atoms with Gasteiger partial charge in [0.15, 0.2) is 5.70 Å². The number of ether oxygens (including phenoxy) is 3. The molecule has 0 unspecified atom stereocenters. The van der Waals surface area contributed by atoms with Crippen LogP contribution >= 0.6 is 34.5 Å². The number of hydrogen-bond donors (Lipinski definition) is 0. The summed E-state index contributed by atoms with van der Waals surface area (Å²) in [6, 6.07) is 10.1. The maximum Gasteiger partial charge on any atom is 0.363 e. The first kappa shape index (κ1) is 20.4. The Balaban J connectivity index is 1.70. The van der Waals surface area contributed by atoms with E-state index in [0.717, 1.165) is 5.39 Å². The molecular formula is C21H13Cl2NO5S. The smallest absolute Gasteiger partial charge is 0.363 e. The zero-order chi connectivity index (χ0) is 21.4. The van der Waals surface area contributed by atoms with Crippen molar-refractivity contribution in [2.75, 3.05) is 14.2 Å². The van der Waals surface area contributed by atoms with Gasteiger partial charge in [-0.15, -0.1) is 11.3 Å². The predicted molar refractivity (Wildman–Crippen MR) is 117 cm³/mol. The molecule has 1 aromatic heterocycles. The fraction of sp³-hybridized carbons (Fsp3) is 0.0952. The molecule has 0 N–H and O–H groups in total. The van der Waals surface area contributed by atoms with E-state index in [0.29, 0.717) is 36.5 Å². The van der Waals surface area contributed by atoms with E-state index in [2.05, 4.69) is 9.73 Å². The lowest BCUT2D eigenvalue weighted by atomic mass is 10.1. The highest BCUT2D eigenvalue weighted by Crippen LogP contribution is 2.44. The third-order valence-electron chi connectivity index (χ3n) is 4.37. The molecule has 30 heavy (non-hydrogen) atoms. The summed E-state index contributed by atoms with van der Waals surface area (Å²) in [5.74, 6) is -0.405. The number of hydrogen-bond acceptors (Lipinski definition) is 7. The number of aliphatic imine (C=N–C) groups is 1. The highest BCUT2D eigenvalue weighted by Gasteiger charge is 2.28. The Morgan fingerprint density at radius 1 is 1.10 bits per heavy atom. The van der Waals surface area contributed by atoms with Gasteiger partial charge >= 0.3 is 11.9 Å². The highest BCUT2D eigenvalue weighted by atomic mass is 35.5. The molecule has 0 atom stereocenters. The van der Waals surface area contributed by atoms with E-state index < -0.39 is 11.9 Å². The molecule has 4 rings (SSSR count). The lowest BCUT2D eigenvalue weighted by Gasteiger charge is -2.02. The minimum atomic E-state index is -0.598. The first-order valence-corrected chi connectivity index (χ1v) is 10.2. The van der Waals surface area contributed by atoms with Crippen LogP contribution in [0.5, 0.6) is 5.75 Å². The largest absolute Gasteiger partial charge is 0.495 e. The number of halogens is 2. The molecule has 0 saturated heterocycles. The molecule has 3 aromatic rings. The summed E-state index contributed by atoms with van der Waals surface area (Å²) >= 11 is 14.1. The van der Waals surface area contributed by atoms with Crippen molar-refractivity contribution in [3.05, 3.63) is 68.1 Å². The second kappa shape index (κ2) is 8.10. The van der Waals surface area contributed by atoms with Crippen LogP contribution in [0.4, 0.5) is 0 Å². The van der Waals surface area contributed by atoms with Gasteiger partial charge in [0.25, 0.3) is 0 Å². The summed E-state index contributed by atoms with van der Waals surface area (Å²) < 4.78 is 16.0. The lowest BCUT2D eigenvalue weighted by Crippen LogP contribution is -2.04. The monoisotopic (exact) mass is 461 g/mol. The number of cyclic esters (lactones) is 1. The number of nitrogens with zero attached hydrogens (tertiary/aromatic N) is 1. The van der Waals surface area contributed by atoms with Crippen molar-refractivity contribution < 1.29 is 23.8 Å². The SMILES string of the molecule is COC(=O)c1ccc(/C=C2\N=C(c3sc4c(Cl)c(OC)ccc4c3Cl)OC2=O)cc1. The van der Waals surface area contributed by atoms with E-state index >= 15 is 0 Å². The van der Waals surface area contributed by atoms with Crippen molar-refractivity contribution in [2.24, 2.45) is 4.99 Å². The highest BCUT2D eigenvalue weighted by molar-refractivity contribution is 7.22. The number of carbonyl (C=O) groups excluding carboxylic acids is 2. The summed E-state index contributed by atoms with van der Waals surface area (Å²) in [7, 11) is 2.84. The van der Waals surface area contributed by atoms with Crippen LogP contribution in [-0.4, -0.2) is 32.1 Å². The van der Waals surface area contributed by atoms with Gasteiger partial charge < -0.3 is 14.2 Å². The summed E-state index contributed by atoms with van der Waals surface area (Å²) in [6.07, 6.45) is 1.56. The minimum absolute atomic E-state index is 0.110. The van der Waals surface area contributed by atoms with E-state index in [-0.39, 0.29) is 11.6 Å². The molecule has 0 saturated carbocycles. The molecule has 152 valence electrons. The fourth-order valence-electron chi connectivity index (χ4n) is 2.87. The van der Waals surface area contributed by atoms with E-state index in [1.54, 1.807) is 42.5 Å². The van der Waals surface area contributed by atoms with Gasteiger partial charge in [-0.1, -0.05) is 35.3 Å². The van der Waals surface area contributed by atoms with E-state index in [1.807, 2.05) is 0 Å². The van der Waals surface area contributed by atoms with Gasteiger partial charge in [-0.2, -0.15) is 0 Å². The van der Waals surface area contributed by atoms with Crippen LogP contribution in [0, 0.1) is 0 Å². The molecule has 0 aliphatic carbocycles. The normalized spacial score (nSPS) is 14.7. The Bertz CT molecular complexity index is 1240. The minimum Gasteiger partial charge on any atom is -0.495 e. The van der Waals surface area contributed by atoms with Crippen molar-refractivity contribution in [3.63, 3.8) is 0 Å². The average molecular weight is 462 g/mol. The molecule has 0 fully saturated rings. The number of esters is 2. The van der Waals surface area contributed by atoms with Gasteiger partial charge in [0.05, 0.1) is 29.5 Å². The molecule has 9 heteroatoms. The molecule has 6 nitrogen and oxygen atoms in total. The van der Waals surface area contributed by atoms with E-state index in [1.165, 1.54) is 25.6 Å². The van der Waals surface area contributed by atoms with Crippen molar-refractivity contribution in [1.82, 2.24) is 0 Å². The number of fused-ring (bicyclic) bond motifs is 1. The summed E-state index contributed by atoms with van der Waals surface area (Å²) in [5.41, 5.74) is 1.20. The van der Waals surface area contributed by atoms with Crippen LogP contribution in [-0.2, 0) is 14.3 Å². The lowest BCUT2D eigenvalue weighted by molar-refractivity contribution is -0.129. The topological polar surface area (TPSA) is 74.2 Å². The predicted octanol–water partition coefficient (Wildman–Crippen LogP) is 5.35. The first-order valence-electron chi connectivity index (χ1n) is 8.58. The van der Waals surface area contributed by atoms with Crippen molar-refractivity contribution in [2.45, 2.75) is 0 Å². The molecule has 1 aliphatic rings. The summed E-state index contributed by atoms with van der Waals surface area (Å²) in [5, 5.41) is 1.55. The van der Waals surface area contributed by atoms with Crippen LogP contribution in [0.25, 0.3) is 16.2 Å². The van der Waals surface area contributed by atoms with Crippen molar-refractivity contribution >= 4 is 68.5 Å². The van der Waals surface area contributed by atoms with Crippen molar-refractivity contribution in [3.8, 4) is 5.75 Å². The second-order valence-electron chi connectivity index (χ2n) is 6.15. The number of methoxy groups -OCH3 is 2. The molecule has 0 radical (unpaired) electrons. The number of rotatable bonds is 4. The van der Waals surface area contributed by atoms with Gasteiger partial charge in [0.1, 0.15) is 15.6 Å². The van der Waals surface area contributed by atoms with E-state index in [9.17, 15) is 9.59 Å². The van der Waals surface area contributed by atoms with Crippen molar-refractivity contribution in [1.29, 1.82) is 0 Å². The maximum absolute atomic E-state index is 12.3. The van der Waals surface area contributed by atoms with Gasteiger partial charge in [-0.25, -0.2) is 14.6 Å². The standard InChI is InChI=1S/C21H13Cl2NO5S/c1-27-14-8-7-12-15(22)18(30-17(12)16(14)23)19-24-13(21(26)29-19)9-10-3-5-11(6-4-10)20(25)28-2/h3-9H,1-2H3/b13-9-. The molecule has 0 amide bonds. The fourth-order valence-corrected chi connectivity index (χ4v) is 4.69. The van der Waals surface area contributed by atoms with Crippen LogP contribution < -0.4 is 4.74 Å². The van der Waals surface area contributed by atoms with Crippen LogP contribution in [0.1, 0.15) is 20.8 Å². The molecular weight excluding hydrogens is 449 g/mol. The van der Waals surface area contributed by atoms with Crippen LogP contribution in [0.2, 0.25) is 10.0 Å². The van der Waals surface area contributed by atoms with Gasteiger partial charge in [-0.3, -0.25) is 0 Å². The number of benzene rings is 2.